The second-order valence-corrected chi connectivity index (χ2v) is 4.94. The topological polar surface area (TPSA) is 0 Å². The van der Waals surface area contributed by atoms with Gasteiger partial charge in [-0.2, -0.15) is 13.2 Å². The molecule has 2 rings (SSSR count). The molecule has 2 aromatic carbocycles. The summed E-state index contributed by atoms with van der Waals surface area (Å²) < 4.78 is 52.2. The van der Waals surface area contributed by atoms with Crippen molar-refractivity contribution in [1.29, 1.82) is 0 Å². The molecule has 0 spiro atoms. The molecule has 0 saturated carbocycles. The fourth-order valence-corrected chi connectivity index (χ4v) is 1.91. The summed E-state index contributed by atoms with van der Waals surface area (Å²) in [6.45, 7) is 0. The average Bonchev–Trinajstić information content (AvgIpc) is 2.29. The van der Waals surface area contributed by atoms with E-state index in [-0.39, 0.29) is 5.56 Å². The van der Waals surface area contributed by atoms with E-state index in [1.54, 1.807) is 24.3 Å². The molecule has 0 radical (unpaired) electrons. The molecular formula is C13H7F4I. The molecule has 2 aromatic rings. The van der Waals surface area contributed by atoms with Gasteiger partial charge in [0.05, 0.1) is 5.56 Å². The largest absolute Gasteiger partial charge is 0.416 e. The second kappa shape index (κ2) is 4.87. The minimum absolute atomic E-state index is 0.0405. The first-order valence-corrected chi connectivity index (χ1v) is 6.08. The summed E-state index contributed by atoms with van der Waals surface area (Å²) >= 11 is 2.07. The Bertz CT molecular complexity index is 558. The first-order valence-electron chi connectivity index (χ1n) is 5.00. The average molecular weight is 366 g/mol. The van der Waals surface area contributed by atoms with Gasteiger partial charge in [0.2, 0.25) is 0 Å². The summed E-state index contributed by atoms with van der Waals surface area (Å²) in [5.41, 5.74) is -0.460. The SMILES string of the molecule is Fc1ccc(C(F)(F)F)cc1-c1ccc(I)cc1. The normalized spacial score (nSPS) is 11.6. The lowest BCUT2D eigenvalue weighted by Crippen LogP contribution is -2.05. The van der Waals surface area contributed by atoms with Crippen LogP contribution >= 0.6 is 22.6 Å². The van der Waals surface area contributed by atoms with Gasteiger partial charge in [-0.05, 0) is 58.5 Å². The van der Waals surface area contributed by atoms with Crippen LogP contribution in [-0.2, 0) is 6.18 Å². The number of hydrogen-bond acceptors (Lipinski definition) is 0. The highest BCUT2D eigenvalue weighted by molar-refractivity contribution is 14.1. The van der Waals surface area contributed by atoms with Crippen LogP contribution in [0.3, 0.4) is 0 Å². The van der Waals surface area contributed by atoms with Gasteiger partial charge < -0.3 is 0 Å². The molecule has 0 heterocycles. The first kappa shape index (κ1) is 13.3. The Morgan fingerprint density at radius 1 is 0.889 bits per heavy atom. The van der Waals surface area contributed by atoms with Gasteiger partial charge in [-0.25, -0.2) is 4.39 Å². The zero-order valence-corrected chi connectivity index (χ0v) is 11.1. The monoisotopic (exact) mass is 366 g/mol. The first-order chi connectivity index (χ1) is 8.38. The highest BCUT2D eigenvalue weighted by atomic mass is 127. The lowest BCUT2D eigenvalue weighted by molar-refractivity contribution is -0.137. The Hall–Kier alpha value is -1.11. The molecule has 0 amide bonds. The minimum Gasteiger partial charge on any atom is -0.206 e. The van der Waals surface area contributed by atoms with Crippen LogP contribution in [0.4, 0.5) is 17.6 Å². The molecule has 0 bridgehead atoms. The minimum atomic E-state index is -4.47. The zero-order valence-electron chi connectivity index (χ0n) is 8.93. The summed E-state index contributed by atoms with van der Waals surface area (Å²) in [5, 5.41) is 0. The van der Waals surface area contributed by atoms with Crippen LogP contribution in [0.1, 0.15) is 5.56 Å². The molecule has 0 aliphatic carbocycles. The Morgan fingerprint density at radius 3 is 2.06 bits per heavy atom. The number of rotatable bonds is 1. The predicted octanol–water partition coefficient (Wildman–Crippen LogP) is 5.12. The van der Waals surface area contributed by atoms with Crippen molar-refractivity contribution in [2.45, 2.75) is 6.18 Å². The highest BCUT2D eigenvalue weighted by Gasteiger charge is 2.31. The molecule has 0 saturated heterocycles. The van der Waals surface area contributed by atoms with E-state index in [0.717, 1.165) is 21.8 Å². The van der Waals surface area contributed by atoms with E-state index in [2.05, 4.69) is 22.6 Å². The van der Waals surface area contributed by atoms with Gasteiger partial charge >= 0.3 is 6.18 Å². The lowest BCUT2D eigenvalue weighted by Gasteiger charge is -2.10. The summed E-state index contributed by atoms with van der Waals surface area (Å²) in [7, 11) is 0. The second-order valence-electron chi connectivity index (χ2n) is 3.70. The number of benzene rings is 2. The Morgan fingerprint density at radius 2 is 1.50 bits per heavy atom. The van der Waals surface area contributed by atoms with Crippen molar-refractivity contribution >= 4 is 22.6 Å². The van der Waals surface area contributed by atoms with Crippen molar-refractivity contribution in [2.75, 3.05) is 0 Å². The fourth-order valence-electron chi connectivity index (χ4n) is 1.55. The molecule has 94 valence electrons. The zero-order chi connectivity index (χ0) is 13.3. The van der Waals surface area contributed by atoms with Crippen LogP contribution in [0.25, 0.3) is 11.1 Å². The Balaban J connectivity index is 2.53. The summed E-state index contributed by atoms with van der Waals surface area (Å²) in [6, 6.07) is 9.05. The standard InChI is InChI=1S/C13H7F4I/c14-12-6-3-9(13(15,16)17)7-11(12)8-1-4-10(18)5-2-8/h1-7H. The third-order valence-electron chi connectivity index (χ3n) is 2.45. The molecule has 18 heavy (non-hydrogen) atoms. The van der Waals surface area contributed by atoms with Gasteiger partial charge in [0, 0.05) is 9.13 Å². The third-order valence-corrected chi connectivity index (χ3v) is 3.17. The molecule has 0 aromatic heterocycles. The molecule has 0 N–H and O–H groups in total. The van der Waals surface area contributed by atoms with Crippen LogP contribution in [0.2, 0.25) is 0 Å². The number of halogens is 5. The third kappa shape index (κ3) is 2.82. The fraction of sp³-hybridized carbons (Fsp3) is 0.0769. The summed E-state index contributed by atoms with van der Waals surface area (Å²) in [5.74, 6) is -0.663. The van der Waals surface area contributed by atoms with Crippen LogP contribution in [0, 0.1) is 9.39 Å². The van der Waals surface area contributed by atoms with E-state index >= 15 is 0 Å². The van der Waals surface area contributed by atoms with E-state index in [0.29, 0.717) is 5.56 Å². The summed E-state index contributed by atoms with van der Waals surface area (Å²) in [4.78, 5) is 0. The maximum absolute atomic E-state index is 13.6. The number of hydrogen-bond donors (Lipinski definition) is 0. The smallest absolute Gasteiger partial charge is 0.206 e. The molecule has 0 nitrogen and oxygen atoms in total. The van der Waals surface area contributed by atoms with Crippen LogP contribution in [-0.4, -0.2) is 0 Å². The van der Waals surface area contributed by atoms with Gasteiger partial charge in [-0.3, -0.25) is 0 Å². The number of alkyl halides is 3. The van der Waals surface area contributed by atoms with E-state index < -0.39 is 17.6 Å². The molecule has 0 aliphatic rings. The van der Waals surface area contributed by atoms with Gasteiger partial charge in [0.25, 0.3) is 0 Å². The summed E-state index contributed by atoms with van der Waals surface area (Å²) in [6.07, 6.45) is -4.47. The maximum atomic E-state index is 13.6. The highest BCUT2D eigenvalue weighted by Crippen LogP contribution is 2.33. The van der Waals surface area contributed by atoms with Gasteiger partial charge in [0.1, 0.15) is 5.82 Å². The van der Waals surface area contributed by atoms with Crippen molar-refractivity contribution in [1.82, 2.24) is 0 Å². The lowest BCUT2D eigenvalue weighted by atomic mass is 10.0. The van der Waals surface area contributed by atoms with Gasteiger partial charge in [-0.1, -0.05) is 12.1 Å². The molecule has 0 aliphatic heterocycles. The van der Waals surface area contributed by atoms with Crippen LogP contribution < -0.4 is 0 Å². The molecule has 0 fully saturated rings. The maximum Gasteiger partial charge on any atom is 0.416 e. The van der Waals surface area contributed by atoms with Crippen molar-refractivity contribution in [3.63, 3.8) is 0 Å². The van der Waals surface area contributed by atoms with Crippen molar-refractivity contribution in [2.24, 2.45) is 0 Å². The predicted molar refractivity (Wildman–Crippen MR) is 69.6 cm³/mol. The quantitative estimate of drug-likeness (QED) is 0.486. The van der Waals surface area contributed by atoms with Gasteiger partial charge in [-0.15, -0.1) is 0 Å². The molecular weight excluding hydrogens is 359 g/mol. The molecule has 0 unspecified atom stereocenters. The van der Waals surface area contributed by atoms with E-state index in [1.807, 2.05) is 0 Å². The van der Waals surface area contributed by atoms with E-state index in [1.165, 1.54) is 0 Å². The van der Waals surface area contributed by atoms with Crippen LogP contribution in [0.15, 0.2) is 42.5 Å². The van der Waals surface area contributed by atoms with E-state index in [4.69, 9.17) is 0 Å². The Labute approximate surface area is 115 Å². The van der Waals surface area contributed by atoms with Crippen molar-refractivity contribution < 1.29 is 17.6 Å². The van der Waals surface area contributed by atoms with Crippen LogP contribution in [0.5, 0.6) is 0 Å². The molecule has 5 heteroatoms. The van der Waals surface area contributed by atoms with Gasteiger partial charge in [0.15, 0.2) is 0 Å². The van der Waals surface area contributed by atoms with E-state index in [9.17, 15) is 17.6 Å². The Kier molecular flexibility index (Phi) is 3.61. The van der Waals surface area contributed by atoms with Crippen molar-refractivity contribution in [3.8, 4) is 11.1 Å². The molecule has 0 atom stereocenters. The van der Waals surface area contributed by atoms with Crippen molar-refractivity contribution in [3.05, 3.63) is 57.4 Å².